The zero-order valence-electron chi connectivity index (χ0n) is 10.0. The first kappa shape index (κ1) is 14.1. The normalized spacial score (nSPS) is 9.44. The lowest BCUT2D eigenvalue weighted by molar-refractivity contribution is -0.385. The van der Waals surface area contributed by atoms with E-state index >= 15 is 0 Å². The minimum atomic E-state index is -0.478. The van der Waals surface area contributed by atoms with Crippen molar-refractivity contribution in [2.24, 2.45) is 0 Å². The Kier molecular flexibility index (Phi) is 4.75. The van der Waals surface area contributed by atoms with Gasteiger partial charge in [0, 0.05) is 24.1 Å². The van der Waals surface area contributed by atoms with Crippen LogP contribution in [0, 0.1) is 28.9 Å². The summed E-state index contributed by atoms with van der Waals surface area (Å²) < 4.78 is 0. The van der Waals surface area contributed by atoms with Crippen LogP contribution in [0.3, 0.4) is 0 Å². The van der Waals surface area contributed by atoms with Gasteiger partial charge in [0.2, 0.25) is 0 Å². The molecular formula is C12H12N2O3S. The largest absolute Gasteiger partial charge is 0.398 e. The molecule has 0 aliphatic carbocycles. The Labute approximate surface area is 109 Å². The fourth-order valence-corrected chi connectivity index (χ4v) is 1.63. The number of nitro groups is 1. The summed E-state index contributed by atoms with van der Waals surface area (Å²) in [6.45, 7) is 3.10. The SMILES string of the molecule is CC(=O)SCC#Cc1cc(C)c([N+](=O)[O-])cc1N. The van der Waals surface area contributed by atoms with Crippen molar-refractivity contribution in [3.63, 3.8) is 0 Å². The molecule has 1 aromatic rings. The molecule has 5 nitrogen and oxygen atoms in total. The van der Waals surface area contributed by atoms with Crippen LogP contribution in [0.2, 0.25) is 0 Å². The summed E-state index contributed by atoms with van der Waals surface area (Å²) in [6.07, 6.45) is 0. The molecule has 0 saturated carbocycles. The van der Waals surface area contributed by atoms with E-state index in [1.165, 1.54) is 13.0 Å². The Hall–Kier alpha value is -2.00. The Morgan fingerprint density at radius 1 is 1.56 bits per heavy atom. The molecule has 0 heterocycles. The van der Waals surface area contributed by atoms with E-state index in [4.69, 9.17) is 5.73 Å². The van der Waals surface area contributed by atoms with Crippen molar-refractivity contribution in [2.45, 2.75) is 13.8 Å². The van der Waals surface area contributed by atoms with Gasteiger partial charge in [0.05, 0.1) is 16.4 Å². The highest BCUT2D eigenvalue weighted by molar-refractivity contribution is 8.13. The van der Waals surface area contributed by atoms with Crippen molar-refractivity contribution in [2.75, 3.05) is 11.5 Å². The topological polar surface area (TPSA) is 86.2 Å². The Balaban J connectivity index is 2.94. The summed E-state index contributed by atoms with van der Waals surface area (Å²) in [5.41, 5.74) is 7.00. The van der Waals surface area contributed by atoms with Gasteiger partial charge in [-0.2, -0.15) is 0 Å². The average Bonchev–Trinajstić information content (AvgIpc) is 2.27. The summed E-state index contributed by atoms with van der Waals surface area (Å²) in [5, 5.41) is 10.7. The molecule has 0 unspecified atom stereocenters. The number of nitrogens with two attached hydrogens (primary N) is 1. The number of rotatable bonds is 2. The third-order valence-electron chi connectivity index (χ3n) is 2.14. The molecule has 1 aromatic carbocycles. The van der Waals surface area contributed by atoms with Crippen LogP contribution in [0.5, 0.6) is 0 Å². The molecule has 0 bridgehead atoms. The summed E-state index contributed by atoms with van der Waals surface area (Å²) in [5.74, 6) is 5.98. The standard InChI is InChI=1S/C12H12N2O3S/c1-8-6-10(4-3-5-18-9(2)15)11(13)7-12(8)14(16)17/h6-7H,5,13H2,1-2H3. The number of hydrogen-bond acceptors (Lipinski definition) is 5. The molecule has 0 radical (unpaired) electrons. The second kappa shape index (κ2) is 6.07. The van der Waals surface area contributed by atoms with Gasteiger partial charge in [-0.25, -0.2) is 0 Å². The highest BCUT2D eigenvalue weighted by atomic mass is 32.2. The summed E-state index contributed by atoms with van der Waals surface area (Å²) in [6, 6.07) is 2.89. The van der Waals surface area contributed by atoms with Gasteiger partial charge in [-0.3, -0.25) is 14.9 Å². The van der Waals surface area contributed by atoms with Crippen LogP contribution in [0.15, 0.2) is 12.1 Å². The number of nitro benzene ring substituents is 1. The Morgan fingerprint density at radius 2 is 2.22 bits per heavy atom. The molecule has 18 heavy (non-hydrogen) atoms. The fourth-order valence-electron chi connectivity index (χ4n) is 1.29. The van der Waals surface area contributed by atoms with Crippen LogP contribution >= 0.6 is 11.8 Å². The molecule has 0 atom stereocenters. The van der Waals surface area contributed by atoms with Crippen LogP contribution in [0.1, 0.15) is 18.1 Å². The predicted molar refractivity (Wildman–Crippen MR) is 72.3 cm³/mol. The van der Waals surface area contributed by atoms with E-state index in [9.17, 15) is 14.9 Å². The molecule has 0 aliphatic heterocycles. The molecule has 0 spiro atoms. The smallest absolute Gasteiger partial charge is 0.274 e. The van der Waals surface area contributed by atoms with E-state index in [-0.39, 0.29) is 16.5 Å². The highest BCUT2D eigenvalue weighted by Crippen LogP contribution is 2.24. The number of hydrogen-bond donors (Lipinski definition) is 1. The van der Waals surface area contributed by atoms with Gasteiger partial charge in [-0.1, -0.05) is 23.6 Å². The maximum absolute atomic E-state index is 10.7. The van der Waals surface area contributed by atoms with Crippen molar-refractivity contribution in [1.82, 2.24) is 0 Å². The molecule has 0 saturated heterocycles. The first-order chi connectivity index (χ1) is 8.41. The lowest BCUT2D eigenvalue weighted by atomic mass is 10.1. The zero-order valence-corrected chi connectivity index (χ0v) is 10.8. The van der Waals surface area contributed by atoms with Crippen molar-refractivity contribution in [3.8, 4) is 11.8 Å². The lowest BCUT2D eigenvalue weighted by Crippen LogP contribution is -1.97. The number of thioether (sulfide) groups is 1. The van der Waals surface area contributed by atoms with Gasteiger partial charge in [0.1, 0.15) is 0 Å². The van der Waals surface area contributed by atoms with Gasteiger partial charge in [-0.15, -0.1) is 0 Å². The number of nitrogen functional groups attached to an aromatic ring is 1. The minimum Gasteiger partial charge on any atom is -0.398 e. The van der Waals surface area contributed by atoms with Crippen LogP contribution in [-0.2, 0) is 4.79 Å². The molecule has 0 aliphatic rings. The van der Waals surface area contributed by atoms with Gasteiger partial charge in [0.25, 0.3) is 5.69 Å². The lowest BCUT2D eigenvalue weighted by Gasteiger charge is -2.01. The van der Waals surface area contributed by atoms with E-state index in [0.29, 0.717) is 16.9 Å². The molecule has 1 rings (SSSR count). The van der Waals surface area contributed by atoms with E-state index < -0.39 is 4.92 Å². The maximum atomic E-state index is 10.7. The highest BCUT2D eigenvalue weighted by Gasteiger charge is 2.12. The number of anilines is 1. The number of carbonyl (C=O) groups is 1. The maximum Gasteiger partial charge on any atom is 0.274 e. The third kappa shape index (κ3) is 3.79. The molecule has 0 aromatic heterocycles. The van der Waals surface area contributed by atoms with E-state index in [1.807, 2.05) is 0 Å². The minimum absolute atomic E-state index is 0.00264. The quantitative estimate of drug-likeness (QED) is 0.382. The predicted octanol–water partition coefficient (Wildman–Crippen LogP) is 2.12. The molecule has 2 N–H and O–H groups in total. The fraction of sp³-hybridized carbons (Fsp3) is 0.250. The second-order valence-electron chi connectivity index (χ2n) is 3.57. The molecule has 0 amide bonds. The van der Waals surface area contributed by atoms with Crippen molar-refractivity contribution in [1.29, 1.82) is 0 Å². The number of aryl methyl sites for hydroxylation is 1. The number of benzene rings is 1. The third-order valence-corrected chi connectivity index (χ3v) is 2.83. The van der Waals surface area contributed by atoms with Crippen molar-refractivity contribution < 1.29 is 9.72 Å². The second-order valence-corrected chi connectivity index (χ2v) is 4.72. The van der Waals surface area contributed by atoms with Crippen LogP contribution in [-0.4, -0.2) is 15.8 Å². The monoisotopic (exact) mass is 264 g/mol. The van der Waals surface area contributed by atoms with E-state index in [0.717, 1.165) is 11.8 Å². The summed E-state index contributed by atoms with van der Waals surface area (Å²) >= 11 is 1.11. The molecule has 0 fully saturated rings. The first-order valence-electron chi connectivity index (χ1n) is 5.08. The number of nitrogens with zero attached hydrogens (tertiary/aromatic N) is 1. The summed E-state index contributed by atoms with van der Waals surface area (Å²) in [4.78, 5) is 20.9. The van der Waals surface area contributed by atoms with Crippen molar-refractivity contribution in [3.05, 3.63) is 33.4 Å². The van der Waals surface area contributed by atoms with Gasteiger partial charge >= 0.3 is 0 Å². The molecule has 94 valence electrons. The Morgan fingerprint density at radius 3 is 2.78 bits per heavy atom. The Bertz CT molecular complexity index is 558. The van der Waals surface area contributed by atoms with Gasteiger partial charge in [0.15, 0.2) is 5.12 Å². The van der Waals surface area contributed by atoms with E-state index in [2.05, 4.69) is 11.8 Å². The zero-order chi connectivity index (χ0) is 13.7. The number of carbonyl (C=O) groups excluding carboxylic acids is 1. The van der Waals surface area contributed by atoms with Crippen molar-refractivity contribution >= 4 is 28.3 Å². The van der Waals surface area contributed by atoms with E-state index in [1.54, 1.807) is 13.0 Å². The summed E-state index contributed by atoms with van der Waals surface area (Å²) in [7, 11) is 0. The van der Waals surface area contributed by atoms with Crippen LogP contribution in [0.25, 0.3) is 0 Å². The van der Waals surface area contributed by atoms with Gasteiger partial charge in [-0.05, 0) is 13.0 Å². The molecular weight excluding hydrogens is 252 g/mol. The van der Waals surface area contributed by atoms with Crippen LogP contribution < -0.4 is 5.73 Å². The average molecular weight is 264 g/mol. The van der Waals surface area contributed by atoms with Crippen LogP contribution in [0.4, 0.5) is 11.4 Å². The molecule has 6 heteroatoms. The van der Waals surface area contributed by atoms with Gasteiger partial charge < -0.3 is 5.73 Å². The first-order valence-corrected chi connectivity index (χ1v) is 6.07.